The normalized spacial score (nSPS) is 10.8. The predicted octanol–water partition coefficient (Wildman–Crippen LogP) is 8.21. The zero-order chi connectivity index (χ0) is 24.2. The van der Waals surface area contributed by atoms with Gasteiger partial charge in [-0.15, -0.1) is 0 Å². The predicted molar refractivity (Wildman–Crippen MR) is 147 cm³/mol. The van der Waals surface area contributed by atoms with E-state index in [1.54, 1.807) is 0 Å². The summed E-state index contributed by atoms with van der Waals surface area (Å²) >= 11 is 0. The summed E-state index contributed by atoms with van der Waals surface area (Å²) in [6.45, 7) is 0. The van der Waals surface area contributed by atoms with Gasteiger partial charge in [0.1, 0.15) is 0 Å². The molecule has 0 saturated heterocycles. The highest BCUT2D eigenvalue weighted by Gasteiger charge is 2.11. The number of benzene rings is 4. The van der Waals surface area contributed by atoms with E-state index < -0.39 is 0 Å². The molecule has 4 aromatic carbocycles. The van der Waals surface area contributed by atoms with Crippen LogP contribution in [0.25, 0.3) is 56.4 Å². The molecule has 0 atom stereocenters. The van der Waals surface area contributed by atoms with Crippen molar-refractivity contribution >= 4 is 0 Å². The van der Waals surface area contributed by atoms with Gasteiger partial charge in [-0.05, 0) is 18.2 Å². The first-order chi connectivity index (χ1) is 17.8. The summed E-state index contributed by atoms with van der Waals surface area (Å²) < 4.78 is 0. The zero-order valence-electron chi connectivity index (χ0n) is 19.6. The van der Waals surface area contributed by atoms with E-state index in [0.29, 0.717) is 5.82 Å². The van der Waals surface area contributed by atoms with Crippen molar-refractivity contribution in [3.05, 3.63) is 140 Å². The van der Waals surface area contributed by atoms with Crippen molar-refractivity contribution in [3.8, 4) is 56.4 Å². The maximum absolute atomic E-state index is 4.93. The summed E-state index contributed by atoms with van der Waals surface area (Å²) in [5.41, 5.74) is 8.97. The van der Waals surface area contributed by atoms with Gasteiger partial charge in [-0.3, -0.25) is 0 Å². The van der Waals surface area contributed by atoms with Gasteiger partial charge in [-0.1, -0.05) is 121 Å². The third-order valence-corrected chi connectivity index (χ3v) is 6.12. The van der Waals surface area contributed by atoms with Crippen molar-refractivity contribution in [2.75, 3.05) is 0 Å². The van der Waals surface area contributed by atoms with Crippen molar-refractivity contribution < 1.29 is 0 Å². The monoisotopic (exact) mass is 461 g/mol. The maximum atomic E-state index is 4.93. The second-order valence-electron chi connectivity index (χ2n) is 8.55. The van der Waals surface area contributed by atoms with Crippen LogP contribution in [0.4, 0.5) is 0 Å². The standard InChI is InChI=1S/C33H23N3/c1-4-11-24(12-5-1)29-17-10-18-30(34-29)27-19-21-28(22-20-27)33-35-31(25-13-6-2-7-14-25)23-32(36-33)26-15-8-3-9-16-26/h1-23H. The van der Waals surface area contributed by atoms with Crippen molar-refractivity contribution in [2.24, 2.45) is 0 Å². The SMILES string of the molecule is c1ccc(-c2cccc(-c3ccc(-c4nc(-c5ccccc5)cc(-c5ccccc5)n4)cc3)n2)cc1. The van der Waals surface area contributed by atoms with Crippen LogP contribution < -0.4 is 0 Å². The zero-order valence-corrected chi connectivity index (χ0v) is 19.6. The smallest absolute Gasteiger partial charge is 0.160 e. The Morgan fingerprint density at radius 3 is 1.14 bits per heavy atom. The first kappa shape index (κ1) is 21.6. The summed E-state index contributed by atoms with van der Waals surface area (Å²) in [6, 6.07) is 47.2. The molecule has 0 bridgehead atoms. The molecule has 0 saturated carbocycles. The molecule has 0 radical (unpaired) electrons. The molecule has 36 heavy (non-hydrogen) atoms. The highest BCUT2D eigenvalue weighted by molar-refractivity contribution is 5.73. The molecule has 2 aromatic heterocycles. The summed E-state index contributed by atoms with van der Waals surface area (Å²) in [5, 5.41) is 0. The second kappa shape index (κ2) is 9.77. The van der Waals surface area contributed by atoms with Crippen molar-refractivity contribution in [1.29, 1.82) is 0 Å². The Morgan fingerprint density at radius 1 is 0.278 bits per heavy atom. The van der Waals surface area contributed by atoms with Crippen LogP contribution in [-0.4, -0.2) is 15.0 Å². The van der Waals surface area contributed by atoms with Crippen LogP contribution in [0, 0.1) is 0 Å². The van der Waals surface area contributed by atoms with Gasteiger partial charge in [0.15, 0.2) is 5.82 Å². The number of pyridine rings is 1. The topological polar surface area (TPSA) is 38.7 Å². The lowest BCUT2D eigenvalue weighted by Crippen LogP contribution is -1.96. The minimum atomic E-state index is 0.702. The molecule has 0 amide bonds. The number of nitrogens with zero attached hydrogens (tertiary/aromatic N) is 3. The summed E-state index contributed by atoms with van der Waals surface area (Å²) in [7, 11) is 0. The average molecular weight is 462 g/mol. The summed E-state index contributed by atoms with van der Waals surface area (Å²) in [6.07, 6.45) is 0. The molecule has 0 N–H and O–H groups in total. The Morgan fingerprint density at radius 2 is 0.667 bits per heavy atom. The van der Waals surface area contributed by atoms with E-state index in [1.807, 2.05) is 66.7 Å². The van der Waals surface area contributed by atoms with Gasteiger partial charge < -0.3 is 0 Å². The number of hydrogen-bond acceptors (Lipinski definition) is 3. The molecule has 6 aromatic rings. The summed E-state index contributed by atoms with van der Waals surface area (Å²) in [4.78, 5) is 14.7. The minimum Gasteiger partial charge on any atom is -0.248 e. The van der Waals surface area contributed by atoms with Crippen molar-refractivity contribution in [1.82, 2.24) is 15.0 Å². The van der Waals surface area contributed by atoms with E-state index in [4.69, 9.17) is 15.0 Å². The molecule has 3 nitrogen and oxygen atoms in total. The third kappa shape index (κ3) is 4.55. The fourth-order valence-electron chi connectivity index (χ4n) is 4.25. The lowest BCUT2D eigenvalue weighted by molar-refractivity contribution is 1.18. The Kier molecular flexibility index (Phi) is 5.87. The molecule has 170 valence electrons. The Hall–Kier alpha value is -4.89. The molecule has 6 rings (SSSR count). The molecular weight excluding hydrogens is 438 g/mol. The number of rotatable bonds is 5. The van der Waals surface area contributed by atoms with Crippen LogP contribution in [0.3, 0.4) is 0 Å². The van der Waals surface area contributed by atoms with E-state index in [-0.39, 0.29) is 0 Å². The highest BCUT2D eigenvalue weighted by Crippen LogP contribution is 2.29. The Bertz CT molecular complexity index is 1540. The van der Waals surface area contributed by atoms with Gasteiger partial charge in [0.25, 0.3) is 0 Å². The largest absolute Gasteiger partial charge is 0.248 e. The average Bonchev–Trinajstić information content (AvgIpc) is 2.98. The van der Waals surface area contributed by atoms with Gasteiger partial charge in [0.05, 0.1) is 22.8 Å². The molecule has 0 aliphatic carbocycles. The maximum Gasteiger partial charge on any atom is 0.160 e. The molecule has 2 heterocycles. The molecular formula is C33H23N3. The van der Waals surface area contributed by atoms with Crippen LogP contribution in [0.15, 0.2) is 140 Å². The molecule has 0 aliphatic heterocycles. The molecule has 0 fully saturated rings. The minimum absolute atomic E-state index is 0.702. The Balaban J connectivity index is 1.38. The van der Waals surface area contributed by atoms with E-state index >= 15 is 0 Å². The molecule has 0 unspecified atom stereocenters. The van der Waals surface area contributed by atoms with Gasteiger partial charge in [0.2, 0.25) is 0 Å². The number of hydrogen-bond donors (Lipinski definition) is 0. The van der Waals surface area contributed by atoms with Crippen LogP contribution in [-0.2, 0) is 0 Å². The van der Waals surface area contributed by atoms with Gasteiger partial charge in [-0.25, -0.2) is 15.0 Å². The van der Waals surface area contributed by atoms with Crippen molar-refractivity contribution in [3.63, 3.8) is 0 Å². The van der Waals surface area contributed by atoms with Crippen LogP contribution in [0.1, 0.15) is 0 Å². The molecule has 0 aliphatic rings. The Labute approximate surface area is 210 Å². The van der Waals surface area contributed by atoms with E-state index in [9.17, 15) is 0 Å². The van der Waals surface area contributed by atoms with Crippen LogP contribution >= 0.6 is 0 Å². The van der Waals surface area contributed by atoms with E-state index in [2.05, 4.69) is 72.8 Å². The fraction of sp³-hybridized carbons (Fsp3) is 0. The fourth-order valence-corrected chi connectivity index (χ4v) is 4.25. The second-order valence-corrected chi connectivity index (χ2v) is 8.55. The van der Waals surface area contributed by atoms with Gasteiger partial charge in [-0.2, -0.15) is 0 Å². The quantitative estimate of drug-likeness (QED) is 0.260. The van der Waals surface area contributed by atoms with Gasteiger partial charge >= 0.3 is 0 Å². The first-order valence-corrected chi connectivity index (χ1v) is 12.0. The third-order valence-electron chi connectivity index (χ3n) is 6.12. The van der Waals surface area contributed by atoms with E-state index in [0.717, 1.165) is 50.6 Å². The van der Waals surface area contributed by atoms with Gasteiger partial charge in [0, 0.05) is 27.8 Å². The van der Waals surface area contributed by atoms with Crippen molar-refractivity contribution in [2.45, 2.75) is 0 Å². The lowest BCUT2D eigenvalue weighted by atomic mass is 10.0. The van der Waals surface area contributed by atoms with E-state index in [1.165, 1.54) is 0 Å². The summed E-state index contributed by atoms with van der Waals surface area (Å²) in [5.74, 6) is 0.702. The number of aromatic nitrogens is 3. The van der Waals surface area contributed by atoms with Crippen LogP contribution in [0.5, 0.6) is 0 Å². The molecule has 0 spiro atoms. The van der Waals surface area contributed by atoms with Crippen LogP contribution in [0.2, 0.25) is 0 Å². The first-order valence-electron chi connectivity index (χ1n) is 12.0. The lowest BCUT2D eigenvalue weighted by Gasteiger charge is -2.10. The highest BCUT2D eigenvalue weighted by atomic mass is 14.9. The molecule has 3 heteroatoms.